The number of pyridine rings is 1. The minimum atomic E-state index is -0.165. The maximum absolute atomic E-state index is 12.9. The highest BCUT2D eigenvalue weighted by Gasteiger charge is 2.30. The molecule has 0 aliphatic carbocycles. The molecule has 2 amide bonds. The fraction of sp³-hybridized carbons (Fsp3) is 0.0909. The predicted molar refractivity (Wildman–Crippen MR) is 113 cm³/mol. The Kier molecular flexibility index (Phi) is 3.80. The summed E-state index contributed by atoms with van der Waals surface area (Å²) in [6.07, 6.45) is 1.76. The number of nitrogens with zero attached hydrogens (tertiary/aromatic N) is 2. The number of rotatable bonds is 3. The smallest absolute Gasteiger partial charge is 0.331 e. The number of hydrogen-bond donors (Lipinski definition) is 1. The molecule has 0 unspecified atom stereocenters. The number of para-hydroxylation sites is 1. The largest absolute Gasteiger partial charge is 0.457 e. The van der Waals surface area contributed by atoms with Crippen LogP contribution in [0.2, 0.25) is 0 Å². The number of nitrogens with one attached hydrogen (secondary N) is 1. The summed E-state index contributed by atoms with van der Waals surface area (Å²) in [7, 11) is 0. The van der Waals surface area contributed by atoms with Gasteiger partial charge in [0.2, 0.25) is 0 Å². The lowest BCUT2D eigenvalue weighted by molar-refractivity contribution is 0.259. The average molecular weight is 387 g/mol. The average Bonchev–Trinajstić information content (AvgIpc) is 3.00. The summed E-state index contributed by atoms with van der Waals surface area (Å²) < 4.78 is 5.92. The zero-order valence-corrected chi connectivity index (χ0v) is 16.2. The molecule has 0 spiro atoms. The number of urea groups is 1. The van der Waals surface area contributed by atoms with Crippen LogP contribution in [0.3, 0.4) is 0 Å². The number of hydrogen-bond acceptors (Lipinski definition) is 4. The molecule has 5 rings (SSSR count). The molecule has 138 valence electrons. The first-order chi connectivity index (χ1) is 13.6. The third-order valence-corrected chi connectivity index (χ3v) is 5.82. The molecule has 4 aromatic rings. The molecule has 0 bridgehead atoms. The van der Waals surface area contributed by atoms with E-state index in [1.165, 1.54) is 0 Å². The second kappa shape index (κ2) is 6.35. The fourth-order valence-corrected chi connectivity index (χ4v) is 4.50. The third-order valence-electron chi connectivity index (χ3n) is 4.81. The van der Waals surface area contributed by atoms with E-state index in [1.807, 2.05) is 68.4 Å². The molecule has 1 aliphatic heterocycles. The van der Waals surface area contributed by atoms with Crippen molar-refractivity contribution in [3.8, 4) is 11.5 Å². The number of thiophene rings is 1. The topological polar surface area (TPSA) is 54.5 Å². The number of ether oxygens (including phenoxy) is 1. The number of anilines is 3. The molecule has 6 heteroatoms. The lowest BCUT2D eigenvalue weighted by Crippen LogP contribution is -2.34. The zero-order valence-electron chi connectivity index (χ0n) is 15.4. The van der Waals surface area contributed by atoms with Crippen LogP contribution < -0.4 is 15.0 Å². The van der Waals surface area contributed by atoms with Crippen molar-refractivity contribution < 1.29 is 9.53 Å². The molecular weight excluding hydrogens is 370 g/mol. The summed E-state index contributed by atoms with van der Waals surface area (Å²) in [6.45, 7) is 3.98. The molecule has 0 radical (unpaired) electrons. The van der Waals surface area contributed by atoms with Gasteiger partial charge in [-0.15, -0.1) is 11.3 Å². The molecule has 28 heavy (non-hydrogen) atoms. The first kappa shape index (κ1) is 16.8. The lowest BCUT2D eigenvalue weighted by Gasteiger charge is -2.29. The van der Waals surface area contributed by atoms with Gasteiger partial charge in [0.1, 0.15) is 16.3 Å². The molecule has 0 fully saturated rings. The van der Waals surface area contributed by atoms with Crippen molar-refractivity contribution in [2.24, 2.45) is 0 Å². The number of aromatic nitrogens is 1. The second-order valence-corrected chi connectivity index (χ2v) is 7.88. The SMILES string of the molecule is Cc1cc(Oc2ccccc2)ccc1N1C(=O)Nc2c(C)sc3nccc1c23. The molecule has 2 aromatic carbocycles. The monoisotopic (exact) mass is 387 g/mol. The van der Waals surface area contributed by atoms with Crippen molar-refractivity contribution >= 4 is 44.6 Å². The number of aryl methyl sites for hydroxylation is 2. The van der Waals surface area contributed by atoms with Crippen LogP contribution in [0.15, 0.2) is 60.8 Å². The summed E-state index contributed by atoms with van der Waals surface area (Å²) in [5.74, 6) is 1.51. The standard InChI is InChI=1S/C22H17N3O2S/c1-13-12-16(27-15-6-4-3-5-7-15)8-9-17(13)25-18-10-11-23-21-19(18)20(14(2)28-21)24-22(25)26/h3-12H,1-2H3,(H,24,26). The first-order valence-electron chi connectivity index (χ1n) is 8.94. The molecule has 1 aliphatic rings. The number of carbonyl (C=O) groups is 1. The van der Waals surface area contributed by atoms with Gasteiger partial charge in [-0.05, 0) is 55.8 Å². The van der Waals surface area contributed by atoms with Gasteiger partial charge in [-0.1, -0.05) is 18.2 Å². The van der Waals surface area contributed by atoms with Crippen molar-refractivity contribution in [1.82, 2.24) is 4.98 Å². The quantitative estimate of drug-likeness (QED) is 0.443. The van der Waals surface area contributed by atoms with E-state index in [1.54, 1.807) is 22.4 Å². The van der Waals surface area contributed by atoms with Crippen molar-refractivity contribution in [2.45, 2.75) is 13.8 Å². The molecule has 3 heterocycles. The molecule has 0 atom stereocenters. The van der Waals surface area contributed by atoms with Crippen molar-refractivity contribution in [3.05, 3.63) is 71.2 Å². The summed E-state index contributed by atoms with van der Waals surface area (Å²) in [4.78, 5) is 21.1. The van der Waals surface area contributed by atoms with E-state index in [4.69, 9.17) is 4.74 Å². The highest BCUT2D eigenvalue weighted by atomic mass is 32.1. The number of amides is 2. The van der Waals surface area contributed by atoms with Crippen molar-refractivity contribution in [1.29, 1.82) is 0 Å². The molecule has 1 N–H and O–H groups in total. The maximum atomic E-state index is 12.9. The summed E-state index contributed by atoms with van der Waals surface area (Å²) in [6, 6.07) is 17.1. The van der Waals surface area contributed by atoms with Gasteiger partial charge in [0.15, 0.2) is 0 Å². The highest BCUT2D eigenvalue weighted by Crippen LogP contribution is 2.46. The molecule has 0 saturated heterocycles. The van der Waals surface area contributed by atoms with Gasteiger partial charge >= 0.3 is 6.03 Å². The van der Waals surface area contributed by atoms with Crippen LogP contribution in [0.4, 0.5) is 21.9 Å². The normalized spacial score (nSPS) is 12.9. The number of carbonyl (C=O) groups excluding carboxylic acids is 1. The van der Waals surface area contributed by atoms with Gasteiger partial charge in [0.05, 0.1) is 22.4 Å². The molecular formula is C22H17N3O2S. The molecule has 2 aromatic heterocycles. The Morgan fingerprint density at radius 3 is 2.61 bits per heavy atom. The van der Waals surface area contributed by atoms with Crippen LogP contribution in [0.25, 0.3) is 10.2 Å². The molecule has 0 saturated carbocycles. The van der Waals surface area contributed by atoms with E-state index in [-0.39, 0.29) is 6.03 Å². The van der Waals surface area contributed by atoms with E-state index in [0.717, 1.165) is 49.2 Å². The zero-order chi connectivity index (χ0) is 19.3. The Balaban J connectivity index is 1.57. The summed E-state index contributed by atoms with van der Waals surface area (Å²) in [5.41, 5.74) is 3.49. The minimum Gasteiger partial charge on any atom is -0.457 e. The van der Waals surface area contributed by atoms with Gasteiger partial charge in [-0.3, -0.25) is 4.90 Å². The Morgan fingerprint density at radius 1 is 1.00 bits per heavy atom. The van der Waals surface area contributed by atoms with Gasteiger partial charge in [-0.25, -0.2) is 9.78 Å². The van der Waals surface area contributed by atoms with E-state index in [0.29, 0.717) is 0 Å². The second-order valence-electron chi connectivity index (χ2n) is 6.67. The molecule has 5 nitrogen and oxygen atoms in total. The van der Waals surface area contributed by atoms with Crippen LogP contribution >= 0.6 is 11.3 Å². The van der Waals surface area contributed by atoms with Gasteiger partial charge < -0.3 is 10.1 Å². The summed E-state index contributed by atoms with van der Waals surface area (Å²) in [5, 5.41) is 4.02. The van der Waals surface area contributed by atoms with Crippen LogP contribution in [-0.2, 0) is 0 Å². The number of benzene rings is 2. The maximum Gasteiger partial charge on any atom is 0.331 e. The van der Waals surface area contributed by atoms with Crippen molar-refractivity contribution in [2.75, 3.05) is 10.2 Å². The van der Waals surface area contributed by atoms with Crippen LogP contribution in [-0.4, -0.2) is 11.0 Å². The van der Waals surface area contributed by atoms with E-state index >= 15 is 0 Å². The van der Waals surface area contributed by atoms with Crippen molar-refractivity contribution in [3.63, 3.8) is 0 Å². The first-order valence-corrected chi connectivity index (χ1v) is 9.76. The van der Waals surface area contributed by atoms with E-state index in [2.05, 4.69) is 10.3 Å². The fourth-order valence-electron chi connectivity index (χ4n) is 3.53. The Morgan fingerprint density at radius 2 is 1.82 bits per heavy atom. The third kappa shape index (κ3) is 2.61. The predicted octanol–water partition coefficient (Wildman–Crippen LogP) is 6.39. The highest BCUT2D eigenvalue weighted by molar-refractivity contribution is 7.19. The summed E-state index contributed by atoms with van der Waals surface area (Å²) >= 11 is 1.59. The Bertz CT molecular complexity index is 1220. The lowest BCUT2D eigenvalue weighted by atomic mass is 10.1. The Hall–Kier alpha value is -3.38. The van der Waals surface area contributed by atoms with Gasteiger partial charge in [0, 0.05) is 11.1 Å². The van der Waals surface area contributed by atoms with E-state index < -0.39 is 0 Å². The Labute approximate surface area is 166 Å². The van der Waals surface area contributed by atoms with E-state index in [9.17, 15) is 4.79 Å². The van der Waals surface area contributed by atoms with Crippen LogP contribution in [0.5, 0.6) is 11.5 Å². The van der Waals surface area contributed by atoms with Gasteiger partial charge in [0.25, 0.3) is 0 Å². The minimum absolute atomic E-state index is 0.165. The van der Waals surface area contributed by atoms with Crippen LogP contribution in [0, 0.1) is 13.8 Å². The van der Waals surface area contributed by atoms with Crippen LogP contribution in [0.1, 0.15) is 10.4 Å². The van der Waals surface area contributed by atoms with Gasteiger partial charge in [-0.2, -0.15) is 0 Å².